The number of fused-ring (bicyclic) bond motifs is 1. The lowest BCUT2D eigenvalue weighted by Gasteiger charge is -2.28. The highest BCUT2D eigenvalue weighted by Gasteiger charge is 2.61. The van der Waals surface area contributed by atoms with Crippen LogP contribution in [-0.4, -0.2) is 37.9 Å². The normalized spacial score (nSPS) is 31.9. The van der Waals surface area contributed by atoms with Crippen LogP contribution in [0.15, 0.2) is 0 Å². The standard InChI is InChI=1S/C15H24O5/c1-9(2)10-5-6-15(12(7-10)20-15)8-11(13(16)18-3)14(17)19-4/h9-12H,5-8H2,1-4H3/t10-,12-,15-/m0/s1. The van der Waals surface area contributed by atoms with Crippen LogP contribution in [0, 0.1) is 17.8 Å². The first-order chi connectivity index (χ1) is 9.43. The van der Waals surface area contributed by atoms with Crippen molar-refractivity contribution in [3.05, 3.63) is 0 Å². The predicted octanol–water partition coefficient (Wildman–Crippen LogP) is 1.93. The first-order valence-electron chi connectivity index (χ1n) is 7.27. The van der Waals surface area contributed by atoms with Crippen LogP contribution in [0.3, 0.4) is 0 Å². The van der Waals surface area contributed by atoms with Crippen molar-refractivity contribution in [2.24, 2.45) is 17.8 Å². The quantitative estimate of drug-likeness (QED) is 0.438. The summed E-state index contributed by atoms with van der Waals surface area (Å²) in [5, 5.41) is 0. The summed E-state index contributed by atoms with van der Waals surface area (Å²) >= 11 is 0. The number of esters is 2. The number of carbonyl (C=O) groups is 2. The molecular weight excluding hydrogens is 260 g/mol. The summed E-state index contributed by atoms with van der Waals surface area (Å²) in [5.41, 5.74) is -0.307. The van der Waals surface area contributed by atoms with Gasteiger partial charge in [0, 0.05) is 6.42 Å². The molecule has 0 aromatic rings. The summed E-state index contributed by atoms with van der Waals surface area (Å²) in [4.78, 5) is 23.5. The third kappa shape index (κ3) is 2.82. The fourth-order valence-electron chi connectivity index (χ4n) is 3.33. The largest absolute Gasteiger partial charge is 0.468 e. The van der Waals surface area contributed by atoms with Crippen LogP contribution in [0.1, 0.15) is 39.5 Å². The van der Waals surface area contributed by atoms with Crippen molar-refractivity contribution < 1.29 is 23.8 Å². The minimum atomic E-state index is -0.870. The second kappa shape index (κ2) is 5.72. The van der Waals surface area contributed by atoms with Crippen molar-refractivity contribution in [3.63, 3.8) is 0 Å². The molecule has 20 heavy (non-hydrogen) atoms. The molecule has 0 N–H and O–H groups in total. The fraction of sp³-hybridized carbons (Fsp3) is 0.867. The minimum absolute atomic E-state index is 0.181. The first-order valence-corrected chi connectivity index (χ1v) is 7.27. The second-order valence-electron chi connectivity index (χ2n) is 6.25. The maximum Gasteiger partial charge on any atom is 0.320 e. The lowest BCUT2D eigenvalue weighted by atomic mass is 9.74. The molecule has 1 saturated heterocycles. The number of rotatable bonds is 5. The van der Waals surface area contributed by atoms with Crippen LogP contribution in [0.5, 0.6) is 0 Å². The Balaban J connectivity index is 2.00. The number of methoxy groups -OCH3 is 2. The Kier molecular flexibility index (Phi) is 4.37. The lowest BCUT2D eigenvalue weighted by Crippen LogP contribution is -2.35. The zero-order valence-electron chi connectivity index (χ0n) is 12.7. The average Bonchev–Trinajstić information content (AvgIpc) is 3.16. The summed E-state index contributed by atoms with van der Waals surface area (Å²) < 4.78 is 15.3. The zero-order chi connectivity index (χ0) is 14.9. The number of hydrogen-bond donors (Lipinski definition) is 0. The zero-order valence-corrected chi connectivity index (χ0v) is 12.7. The van der Waals surface area contributed by atoms with E-state index in [-0.39, 0.29) is 11.7 Å². The number of carbonyl (C=O) groups excluding carboxylic acids is 2. The van der Waals surface area contributed by atoms with Gasteiger partial charge in [0.2, 0.25) is 0 Å². The van der Waals surface area contributed by atoms with E-state index in [4.69, 9.17) is 14.2 Å². The molecule has 114 valence electrons. The molecular formula is C15H24O5. The van der Waals surface area contributed by atoms with Gasteiger partial charge in [-0.25, -0.2) is 0 Å². The maximum atomic E-state index is 11.7. The van der Waals surface area contributed by atoms with Gasteiger partial charge in [0.1, 0.15) is 0 Å². The van der Waals surface area contributed by atoms with Gasteiger partial charge < -0.3 is 14.2 Å². The van der Waals surface area contributed by atoms with E-state index in [1.807, 2.05) is 0 Å². The molecule has 0 radical (unpaired) electrons. The van der Waals surface area contributed by atoms with Gasteiger partial charge in [-0.2, -0.15) is 0 Å². The topological polar surface area (TPSA) is 65.1 Å². The molecule has 5 heteroatoms. The van der Waals surface area contributed by atoms with Gasteiger partial charge in [-0.1, -0.05) is 13.8 Å². The fourth-order valence-corrected chi connectivity index (χ4v) is 3.33. The van der Waals surface area contributed by atoms with E-state index in [2.05, 4.69) is 13.8 Å². The molecule has 0 aromatic heterocycles. The molecule has 1 aliphatic heterocycles. The highest BCUT2D eigenvalue weighted by Crippen LogP contribution is 2.54. The van der Waals surface area contributed by atoms with Crippen molar-refractivity contribution >= 4 is 11.9 Å². The summed E-state index contributed by atoms with van der Waals surface area (Å²) in [6.45, 7) is 4.46. The Morgan fingerprint density at radius 1 is 1.25 bits per heavy atom. The number of hydrogen-bond acceptors (Lipinski definition) is 5. The van der Waals surface area contributed by atoms with Gasteiger partial charge in [0.05, 0.1) is 25.9 Å². The third-order valence-electron chi connectivity index (χ3n) is 4.83. The van der Waals surface area contributed by atoms with E-state index in [0.717, 1.165) is 19.3 Å². The summed E-state index contributed by atoms with van der Waals surface area (Å²) in [6.07, 6.45) is 3.57. The molecule has 0 amide bonds. The van der Waals surface area contributed by atoms with Crippen molar-refractivity contribution in [1.82, 2.24) is 0 Å². The van der Waals surface area contributed by atoms with Crippen LogP contribution in [0.4, 0.5) is 0 Å². The summed E-state index contributed by atoms with van der Waals surface area (Å²) in [5.74, 6) is -0.622. The molecule has 1 aliphatic carbocycles. The molecule has 0 aromatic carbocycles. The van der Waals surface area contributed by atoms with Crippen LogP contribution in [0.25, 0.3) is 0 Å². The van der Waals surface area contributed by atoms with E-state index in [0.29, 0.717) is 18.3 Å². The smallest absolute Gasteiger partial charge is 0.320 e. The van der Waals surface area contributed by atoms with E-state index < -0.39 is 17.9 Å². The Bertz CT molecular complexity index is 376. The van der Waals surface area contributed by atoms with Crippen molar-refractivity contribution in [2.45, 2.75) is 51.2 Å². The van der Waals surface area contributed by atoms with Gasteiger partial charge in [-0.3, -0.25) is 9.59 Å². The average molecular weight is 284 g/mol. The minimum Gasteiger partial charge on any atom is -0.468 e. The molecule has 0 unspecified atom stereocenters. The Hall–Kier alpha value is -1.10. The van der Waals surface area contributed by atoms with E-state index in [1.54, 1.807) is 0 Å². The molecule has 5 nitrogen and oxygen atoms in total. The van der Waals surface area contributed by atoms with Crippen LogP contribution >= 0.6 is 0 Å². The molecule has 2 fully saturated rings. The molecule has 1 saturated carbocycles. The van der Waals surface area contributed by atoms with Crippen LogP contribution in [0.2, 0.25) is 0 Å². The van der Waals surface area contributed by atoms with Gasteiger partial charge in [0.15, 0.2) is 5.92 Å². The van der Waals surface area contributed by atoms with E-state index >= 15 is 0 Å². The third-order valence-corrected chi connectivity index (χ3v) is 4.83. The van der Waals surface area contributed by atoms with Crippen molar-refractivity contribution in [3.8, 4) is 0 Å². The van der Waals surface area contributed by atoms with Gasteiger partial charge >= 0.3 is 11.9 Å². The lowest BCUT2D eigenvalue weighted by molar-refractivity contribution is -0.159. The SMILES string of the molecule is COC(=O)C(C[C@@]12CC[C@H](C(C)C)C[C@@H]1O2)C(=O)OC. The van der Waals surface area contributed by atoms with Crippen LogP contribution in [-0.2, 0) is 23.8 Å². The van der Waals surface area contributed by atoms with Crippen molar-refractivity contribution in [2.75, 3.05) is 14.2 Å². The highest BCUT2D eigenvalue weighted by molar-refractivity contribution is 5.95. The number of ether oxygens (including phenoxy) is 3. The molecule has 2 aliphatic rings. The second-order valence-corrected chi connectivity index (χ2v) is 6.25. The summed E-state index contributed by atoms with van der Waals surface area (Å²) in [7, 11) is 2.58. The van der Waals surface area contributed by atoms with Crippen molar-refractivity contribution in [1.29, 1.82) is 0 Å². The van der Waals surface area contributed by atoms with E-state index in [1.165, 1.54) is 14.2 Å². The monoisotopic (exact) mass is 284 g/mol. The molecule has 1 heterocycles. The van der Waals surface area contributed by atoms with Crippen LogP contribution < -0.4 is 0 Å². The Morgan fingerprint density at radius 3 is 2.30 bits per heavy atom. The predicted molar refractivity (Wildman–Crippen MR) is 71.9 cm³/mol. The Labute approximate surface area is 120 Å². The van der Waals surface area contributed by atoms with Gasteiger partial charge in [0.25, 0.3) is 0 Å². The Morgan fingerprint density at radius 2 is 1.85 bits per heavy atom. The number of epoxide rings is 1. The van der Waals surface area contributed by atoms with Gasteiger partial charge in [-0.15, -0.1) is 0 Å². The maximum absolute atomic E-state index is 11.7. The van der Waals surface area contributed by atoms with Gasteiger partial charge in [-0.05, 0) is 31.1 Å². The molecule has 3 atom stereocenters. The van der Waals surface area contributed by atoms with E-state index in [9.17, 15) is 9.59 Å². The highest BCUT2D eigenvalue weighted by atomic mass is 16.6. The first kappa shape index (κ1) is 15.3. The molecule has 2 rings (SSSR count). The molecule has 0 spiro atoms. The summed E-state index contributed by atoms with van der Waals surface area (Å²) in [6, 6.07) is 0. The molecule has 0 bridgehead atoms.